The predicted molar refractivity (Wildman–Crippen MR) is 75.5 cm³/mol. The van der Waals surface area contributed by atoms with E-state index in [0.29, 0.717) is 19.0 Å². The molecular weight excluding hydrogens is 226 g/mol. The lowest BCUT2D eigenvalue weighted by molar-refractivity contribution is 0.204. The van der Waals surface area contributed by atoms with Gasteiger partial charge in [-0.15, -0.1) is 0 Å². The number of anilines is 1. The first-order chi connectivity index (χ1) is 8.63. The number of carbonyl (C=O) groups is 1. The van der Waals surface area contributed by atoms with Gasteiger partial charge in [-0.1, -0.05) is 32.0 Å². The summed E-state index contributed by atoms with van der Waals surface area (Å²) in [5, 5.41) is 2.90. The van der Waals surface area contributed by atoms with Crippen LogP contribution in [0.3, 0.4) is 0 Å². The van der Waals surface area contributed by atoms with Crippen molar-refractivity contribution in [2.75, 3.05) is 25.0 Å². The molecule has 0 atom stereocenters. The zero-order valence-corrected chi connectivity index (χ0v) is 11.2. The van der Waals surface area contributed by atoms with E-state index in [1.807, 2.05) is 35.2 Å². The molecule has 0 bridgehead atoms. The van der Waals surface area contributed by atoms with Crippen LogP contribution in [0.2, 0.25) is 0 Å². The number of para-hydroxylation sites is 1. The first-order valence-electron chi connectivity index (χ1n) is 6.44. The summed E-state index contributed by atoms with van der Waals surface area (Å²) in [5.74, 6) is 0.448. The molecule has 0 saturated heterocycles. The molecule has 0 aliphatic carbocycles. The molecular formula is C14H23N3O. The molecule has 0 aliphatic heterocycles. The van der Waals surface area contributed by atoms with Crippen molar-refractivity contribution in [3.05, 3.63) is 30.3 Å². The van der Waals surface area contributed by atoms with Gasteiger partial charge in [-0.2, -0.15) is 0 Å². The Morgan fingerprint density at radius 2 is 2.00 bits per heavy atom. The number of nitrogens with zero attached hydrogens (tertiary/aromatic N) is 1. The summed E-state index contributed by atoms with van der Waals surface area (Å²) in [4.78, 5) is 14.0. The molecule has 4 heteroatoms. The Balaban J connectivity index is 2.58. The largest absolute Gasteiger partial charge is 0.330 e. The van der Waals surface area contributed by atoms with Crippen LogP contribution in [0.5, 0.6) is 0 Å². The van der Waals surface area contributed by atoms with Crippen LogP contribution in [0.25, 0.3) is 0 Å². The predicted octanol–water partition coefficient (Wildman–Crippen LogP) is 2.53. The second-order valence-corrected chi connectivity index (χ2v) is 4.78. The third kappa shape index (κ3) is 5.19. The fourth-order valence-corrected chi connectivity index (χ4v) is 1.72. The van der Waals surface area contributed by atoms with Crippen molar-refractivity contribution in [2.24, 2.45) is 11.7 Å². The Bertz CT molecular complexity index is 351. The van der Waals surface area contributed by atoms with Crippen LogP contribution in [0, 0.1) is 5.92 Å². The van der Waals surface area contributed by atoms with Crippen molar-refractivity contribution < 1.29 is 4.79 Å². The highest BCUT2D eigenvalue weighted by Gasteiger charge is 2.14. The van der Waals surface area contributed by atoms with Crippen molar-refractivity contribution in [2.45, 2.75) is 20.3 Å². The van der Waals surface area contributed by atoms with Gasteiger partial charge in [-0.3, -0.25) is 0 Å². The molecule has 0 spiro atoms. The maximum absolute atomic E-state index is 12.1. The van der Waals surface area contributed by atoms with Gasteiger partial charge in [0, 0.05) is 18.8 Å². The third-order valence-corrected chi connectivity index (χ3v) is 2.53. The number of benzene rings is 1. The second kappa shape index (κ2) is 7.71. The van der Waals surface area contributed by atoms with Gasteiger partial charge in [0.25, 0.3) is 0 Å². The van der Waals surface area contributed by atoms with Gasteiger partial charge in [0.15, 0.2) is 0 Å². The van der Waals surface area contributed by atoms with E-state index in [1.165, 1.54) is 0 Å². The van der Waals surface area contributed by atoms with Gasteiger partial charge in [0.2, 0.25) is 0 Å². The molecule has 2 amide bonds. The van der Waals surface area contributed by atoms with Crippen LogP contribution in [-0.4, -0.2) is 30.6 Å². The summed E-state index contributed by atoms with van der Waals surface area (Å²) in [6.07, 6.45) is 0.828. The molecule has 4 nitrogen and oxygen atoms in total. The summed E-state index contributed by atoms with van der Waals surface area (Å²) in [7, 11) is 0. The Kier molecular flexibility index (Phi) is 6.22. The van der Waals surface area contributed by atoms with Crippen molar-refractivity contribution in [3.63, 3.8) is 0 Å². The Morgan fingerprint density at radius 1 is 1.33 bits per heavy atom. The lowest BCUT2D eigenvalue weighted by atomic mass is 10.2. The zero-order valence-electron chi connectivity index (χ0n) is 11.2. The van der Waals surface area contributed by atoms with Crippen LogP contribution >= 0.6 is 0 Å². The maximum atomic E-state index is 12.1. The van der Waals surface area contributed by atoms with E-state index in [0.717, 1.165) is 18.7 Å². The highest BCUT2D eigenvalue weighted by Crippen LogP contribution is 2.08. The van der Waals surface area contributed by atoms with Crippen LogP contribution in [0.1, 0.15) is 20.3 Å². The van der Waals surface area contributed by atoms with E-state index < -0.39 is 0 Å². The fourth-order valence-electron chi connectivity index (χ4n) is 1.72. The molecule has 0 heterocycles. The topological polar surface area (TPSA) is 58.4 Å². The number of urea groups is 1. The lowest BCUT2D eigenvalue weighted by Crippen LogP contribution is -2.38. The smallest absolute Gasteiger partial charge is 0.321 e. The maximum Gasteiger partial charge on any atom is 0.321 e. The summed E-state index contributed by atoms with van der Waals surface area (Å²) < 4.78 is 0. The molecule has 1 aromatic rings. The minimum Gasteiger partial charge on any atom is -0.330 e. The molecule has 0 unspecified atom stereocenters. The average molecular weight is 249 g/mol. The van der Waals surface area contributed by atoms with Crippen molar-refractivity contribution in [3.8, 4) is 0 Å². The van der Waals surface area contributed by atoms with Gasteiger partial charge in [-0.25, -0.2) is 4.79 Å². The van der Waals surface area contributed by atoms with E-state index in [-0.39, 0.29) is 6.03 Å². The first-order valence-corrected chi connectivity index (χ1v) is 6.44. The number of amides is 2. The SMILES string of the molecule is CC(C)CN(CCCN)C(=O)Nc1ccccc1. The van der Waals surface area contributed by atoms with Crippen molar-refractivity contribution in [1.82, 2.24) is 4.90 Å². The number of hydrogen-bond acceptors (Lipinski definition) is 2. The quantitative estimate of drug-likeness (QED) is 0.814. The molecule has 0 aromatic heterocycles. The van der Waals surface area contributed by atoms with Crippen molar-refractivity contribution in [1.29, 1.82) is 0 Å². The third-order valence-electron chi connectivity index (χ3n) is 2.53. The molecule has 18 heavy (non-hydrogen) atoms. The van der Waals surface area contributed by atoms with Crippen LogP contribution in [0.15, 0.2) is 30.3 Å². The van der Waals surface area contributed by atoms with E-state index in [2.05, 4.69) is 19.2 Å². The Hall–Kier alpha value is -1.55. The van der Waals surface area contributed by atoms with E-state index >= 15 is 0 Å². The highest BCUT2D eigenvalue weighted by atomic mass is 16.2. The van der Waals surface area contributed by atoms with E-state index in [4.69, 9.17) is 5.73 Å². The molecule has 0 fully saturated rings. The second-order valence-electron chi connectivity index (χ2n) is 4.78. The molecule has 1 aromatic carbocycles. The number of nitrogens with one attached hydrogen (secondary N) is 1. The van der Waals surface area contributed by atoms with E-state index in [1.54, 1.807) is 0 Å². The minimum atomic E-state index is -0.0525. The summed E-state index contributed by atoms with van der Waals surface area (Å²) in [6.45, 7) is 6.26. The number of carbonyl (C=O) groups excluding carboxylic acids is 1. The lowest BCUT2D eigenvalue weighted by Gasteiger charge is -2.24. The summed E-state index contributed by atoms with van der Waals surface area (Å²) in [5.41, 5.74) is 6.33. The molecule has 0 aliphatic rings. The van der Waals surface area contributed by atoms with Gasteiger partial charge in [-0.05, 0) is 31.0 Å². The Morgan fingerprint density at radius 3 is 2.56 bits per heavy atom. The van der Waals surface area contributed by atoms with Gasteiger partial charge in [0.05, 0.1) is 0 Å². The summed E-state index contributed by atoms with van der Waals surface area (Å²) >= 11 is 0. The molecule has 1 rings (SSSR count). The molecule has 0 radical (unpaired) electrons. The minimum absolute atomic E-state index is 0.0525. The standard InChI is InChI=1S/C14H23N3O/c1-12(2)11-17(10-6-9-15)14(18)16-13-7-4-3-5-8-13/h3-5,7-8,12H,6,9-11,15H2,1-2H3,(H,16,18). The van der Waals surface area contributed by atoms with E-state index in [9.17, 15) is 4.79 Å². The molecule has 3 N–H and O–H groups in total. The normalized spacial score (nSPS) is 10.4. The van der Waals surface area contributed by atoms with Crippen molar-refractivity contribution >= 4 is 11.7 Å². The van der Waals surface area contributed by atoms with Gasteiger partial charge >= 0.3 is 6.03 Å². The monoisotopic (exact) mass is 249 g/mol. The van der Waals surface area contributed by atoms with Crippen LogP contribution < -0.4 is 11.1 Å². The van der Waals surface area contributed by atoms with Crippen LogP contribution in [0.4, 0.5) is 10.5 Å². The van der Waals surface area contributed by atoms with Crippen LogP contribution in [-0.2, 0) is 0 Å². The first kappa shape index (κ1) is 14.5. The summed E-state index contributed by atoms with van der Waals surface area (Å²) in [6, 6.07) is 9.45. The molecule has 0 saturated carbocycles. The average Bonchev–Trinajstić information content (AvgIpc) is 2.35. The Labute approximate surface area is 109 Å². The highest BCUT2D eigenvalue weighted by molar-refractivity contribution is 5.89. The number of nitrogens with two attached hydrogens (primary N) is 1. The molecule has 100 valence electrons. The van der Waals surface area contributed by atoms with Gasteiger partial charge in [0.1, 0.15) is 0 Å². The van der Waals surface area contributed by atoms with Gasteiger partial charge < -0.3 is 16.0 Å². The number of rotatable bonds is 6. The fraction of sp³-hybridized carbons (Fsp3) is 0.500. The zero-order chi connectivity index (χ0) is 13.4. The number of hydrogen-bond donors (Lipinski definition) is 2.